The SMILES string of the molecule is C=C/C(=C\C(=C/C)c1cc2c(-c3nc4nccc(-c5cc(F)cc(NCCN(C)C)c5)c4[nH]3)n[nH]c2cn1)NC(C)C. The molecule has 4 heterocycles. The molecule has 5 rings (SSSR count). The van der Waals surface area contributed by atoms with Crippen molar-refractivity contribution >= 4 is 33.3 Å². The van der Waals surface area contributed by atoms with Crippen LogP contribution in [0.3, 0.4) is 0 Å². The number of nitrogens with zero attached hydrogens (tertiary/aromatic N) is 5. The van der Waals surface area contributed by atoms with Crippen molar-refractivity contribution in [1.82, 2.24) is 40.3 Å². The topological polar surface area (TPSA) is 110 Å². The molecule has 0 atom stereocenters. The number of allylic oxidation sites excluding steroid dienone is 4. The fraction of sp³-hybridized carbons (Fsp3) is 0.250. The van der Waals surface area contributed by atoms with Gasteiger partial charge in [0.05, 0.1) is 22.9 Å². The van der Waals surface area contributed by atoms with E-state index in [0.717, 1.165) is 45.5 Å². The third kappa shape index (κ3) is 6.23. The number of likely N-dealkylation sites (N-methyl/N-ethyl adjacent to an activating group) is 1. The molecule has 0 radical (unpaired) electrons. The number of rotatable bonds is 11. The number of hydrogen-bond donors (Lipinski definition) is 4. The Morgan fingerprint density at radius 2 is 2.00 bits per heavy atom. The Balaban J connectivity index is 1.53. The van der Waals surface area contributed by atoms with E-state index in [9.17, 15) is 4.39 Å². The molecule has 0 amide bonds. The van der Waals surface area contributed by atoms with Gasteiger partial charge in [0.1, 0.15) is 11.5 Å². The summed E-state index contributed by atoms with van der Waals surface area (Å²) in [4.78, 5) is 19.4. The quantitative estimate of drug-likeness (QED) is 0.142. The van der Waals surface area contributed by atoms with Crippen molar-refractivity contribution in [1.29, 1.82) is 0 Å². The molecule has 0 aliphatic carbocycles. The highest BCUT2D eigenvalue weighted by Crippen LogP contribution is 2.33. The van der Waals surface area contributed by atoms with Crippen molar-refractivity contribution in [3.63, 3.8) is 0 Å². The Bertz CT molecular complexity index is 1790. The molecule has 4 N–H and O–H groups in total. The van der Waals surface area contributed by atoms with Crippen LogP contribution in [-0.4, -0.2) is 68.3 Å². The Hall–Kier alpha value is -4.83. The Morgan fingerprint density at radius 1 is 1.17 bits per heavy atom. The average molecular weight is 566 g/mol. The van der Waals surface area contributed by atoms with Crippen molar-refractivity contribution in [2.24, 2.45) is 0 Å². The molecule has 0 aliphatic heterocycles. The summed E-state index contributed by atoms with van der Waals surface area (Å²) in [5.41, 5.74) is 7.54. The second kappa shape index (κ2) is 12.4. The number of aromatic nitrogens is 6. The maximum atomic E-state index is 14.7. The van der Waals surface area contributed by atoms with Crippen LogP contribution in [-0.2, 0) is 0 Å². The minimum atomic E-state index is -0.320. The van der Waals surface area contributed by atoms with Gasteiger partial charge in [-0.3, -0.25) is 10.1 Å². The summed E-state index contributed by atoms with van der Waals surface area (Å²) in [5, 5.41) is 15.2. The molecule has 0 saturated heterocycles. The number of fused-ring (bicyclic) bond motifs is 2. The lowest BCUT2D eigenvalue weighted by Crippen LogP contribution is -2.20. The highest BCUT2D eigenvalue weighted by atomic mass is 19.1. The molecule has 1 aromatic carbocycles. The van der Waals surface area contributed by atoms with Crippen LogP contribution in [0.5, 0.6) is 0 Å². The van der Waals surface area contributed by atoms with Crippen molar-refractivity contribution < 1.29 is 4.39 Å². The van der Waals surface area contributed by atoms with Gasteiger partial charge >= 0.3 is 0 Å². The predicted molar refractivity (Wildman–Crippen MR) is 169 cm³/mol. The number of aromatic amines is 2. The summed E-state index contributed by atoms with van der Waals surface area (Å²) >= 11 is 0. The second-order valence-corrected chi connectivity index (χ2v) is 10.6. The molecule has 0 fully saturated rings. The number of H-pyrrole nitrogens is 2. The summed E-state index contributed by atoms with van der Waals surface area (Å²) in [6.07, 6.45) is 9.29. The molecule has 0 aliphatic rings. The van der Waals surface area contributed by atoms with Crippen LogP contribution in [0.2, 0.25) is 0 Å². The summed E-state index contributed by atoms with van der Waals surface area (Å²) in [5.74, 6) is 0.236. The second-order valence-electron chi connectivity index (χ2n) is 10.6. The number of hydrogen-bond acceptors (Lipinski definition) is 7. The van der Waals surface area contributed by atoms with Gasteiger partial charge in [-0.2, -0.15) is 5.10 Å². The first-order chi connectivity index (χ1) is 20.2. The molecule has 42 heavy (non-hydrogen) atoms. The van der Waals surface area contributed by atoms with Crippen molar-refractivity contribution in [3.05, 3.63) is 84.7 Å². The first-order valence-electron chi connectivity index (χ1n) is 13.9. The molecule has 5 aromatic rings. The van der Waals surface area contributed by atoms with E-state index < -0.39 is 0 Å². The Morgan fingerprint density at radius 3 is 2.74 bits per heavy atom. The van der Waals surface area contributed by atoms with Gasteiger partial charge < -0.3 is 20.5 Å². The zero-order valence-corrected chi connectivity index (χ0v) is 24.6. The van der Waals surface area contributed by atoms with E-state index in [2.05, 4.69) is 61.1 Å². The molecular weight excluding hydrogens is 529 g/mol. The number of anilines is 1. The lowest BCUT2D eigenvalue weighted by Gasteiger charge is -2.13. The molecule has 216 valence electrons. The van der Waals surface area contributed by atoms with Crippen molar-refractivity contribution in [2.45, 2.75) is 26.8 Å². The molecule has 0 unspecified atom stereocenters. The zero-order chi connectivity index (χ0) is 29.8. The van der Waals surface area contributed by atoms with Crippen LogP contribution >= 0.6 is 0 Å². The van der Waals surface area contributed by atoms with Crippen LogP contribution in [0.25, 0.3) is 50.3 Å². The third-order valence-electron chi connectivity index (χ3n) is 6.75. The highest BCUT2D eigenvalue weighted by molar-refractivity contribution is 5.97. The van der Waals surface area contributed by atoms with E-state index in [4.69, 9.17) is 4.98 Å². The molecule has 4 aromatic heterocycles. The molecule has 0 bridgehead atoms. The first-order valence-corrected chi connectivity index (χ1v) is 13.9. The highest BCUT2D eigenvalue weighted by Gasteiger charge is 2.17. The van der Waals surface area contributed by atoms with E-state index >= 15 is 0 Å². The molecule has 10 heteroatoms. The monoisotopic (exact) mass is 565 g/mol. The minimum absolute atomic E-state index is 0.271. The predicted octanol–water partition coefficient (Wildman–Crippen LogP) is 6.15. The lowest BCUT2D eigenvalue weighted by atomic mass is 10.0. The number of pyridine rings is 2. The zero-order valence-electron chi connectivity index (χ0n) is 24.6. The number of benzene rings is 1. The Kier molecular flexibility index (Phi) is 8.44. The van der Waals surface area contributed by atoms with Crippen LogP contribution in [0, 0.1) is 5.82 Å². The maximum Gasteiger partial charge on any atom is 0.178 e. The summed E-state index contributed by atoms with van der Waals surface area (Å²) in [6.45, 7) is 11.6. The van der Waals surface area contributed by atoms with Crippen LogP contribution in [0.1, 0.15) is 26.5 Å². The van der Waals surface area contributed by atoms with E-state index in [0.29, 0.717) is 34.9 Å². The van der Waals surface area contributed by atoms with Gasteiger partial charge in [-0.1, -0.05) is 12.7 Å². The van der Waals surface area contributed by atoms with Crippen LogP contribution < -0.4 is 10.6 Å². The fourth-order valence-corrected chi connectivity index (χ4v) is 4.76. The minimum Gasteiger partial charge on any atom is -0.384 e. The fourth-order valence-electron chi connectivity index (χ4n) is 4.76. The summed E-state index contributed by atoms with van der Waals surface area (Å²) in [6, 6.07) is 9.09. The van der Waals surface area contributed by atoms with Crippen LogP contribution in [0.15, 0.2) is 73.2 Å². The van der Waals surface area contributed by atoms with E-state index in [-0.39, 0.29) is 11.9 Å². The maximum absolute atomic E-state index is 14.7. The normalized spacial score (nSPS) is 12.6. The molecule has 9 nitrogen and oxygen atoms in total. The van der Waals surface area contributed by atoms with Gasteiger partial charge in [0.25, 0.3) is 0 Å². The van der Waals surface area contributed by atoms with Crippen molar-refractivity contribution in [2.75, 3.05) is 32.5 Å². The van der Waals surface area contributed by atoms with Gasteiger partial charge in [-0.05, 0) is 88.5 Å². The van der Waals surface area contributed by atoms with E-state index in [1.54, 1.807) is 18.5 Å². The average Bonchev–Trinajstić information content (AvgIpc) is 3.58. The molecular formula is C32H36FN9. The van der Waals surface area contributed by atoms with Crippen LogP contribution in [0.4, 0.5) is 10.1 Å². The van der Waals surface area contributed by atoms with Gasteiger partial charge in [0, 0.05) is 47.7 Å². The third-order valence-corrected chi connectivity index (χ3v) is 6.75. The number of nitrogens with one attached hydrogen (secondary N) is 4. The molecule has 0 spiro atoms. The van der Waals surface area contributed by atoms with Gasteiger partial charge in [0.15, 0.2) is 11.5 Å². The van der Waals surface area contributed by atoms with E-state index in [1.807, 2.05) is 51.4 Å². The first kappa shape index (κ1) is 28.7. The van der Waals surface area contributed by atoms with Gasteiger partial charge in [-0.15, -0.1) is 0 Å². The largest absolute Gasteiger partial charge is 0.384 e. The van der Waals surface area contributed by atoms with Gasteiger partial charge in [-0.25, -0.2) is 14.4 Å². The number of imidazole rings is 1. The number of halogens is 1. The summed E-state index contributed by atoms with van der Waals surface area (Å²) in [7, 11) is 4.01. The summed E-state index contributed by atoms with van der Waals surface area (Å²) < 4.78 is 14.7. The van der Waals surface area contributed by atoms with Gasteiger partial charge in [0.2, 0.25) is 0 Å². The smallest absolute Gasteiger partial charge is 0.178 e. The lowest BCUT2D eigenvalue weighted by molar-refractivity contribution is 0.425. The standard InChI is InChI=1S/C32H36FN9/c1-7-20(14-23(8-2)37-19(3)4)27-17-26-28(18-36-27)40-41-30(26)32-38-29-25(9-10-35-31(29)39-32)21-13-22(33)16-24(15-21)34-11-12-42(5)6/h7-10,13-19,34,37H,2,11-12H2,1,3-6H3,(H,40,41)(H,35,38,39)/b20-7+,23-14+. The Labute approximate surface area is 244 Å². The molecule has 0 saturated carbocycles. The van der Waals surface area contributed by atoms with Crippen molar-refractivity contribution in [3.8, 4) is 22.6 Å². The van der Waals surface area contributed by atoms with E-state index in [1.165, 1.54) is 12.1 Å².